The third kappa shape index (κ3) is 3.62. The molecule has 0 radical (unpaired) electrons. The first-order valence-corrected chi connectivity index (χ1v) is 5.54. The summed E-state index contributed by atoms with van der Waals surface area (Å²) in [7, 11) is 0. The van der Waals surface area contributed by atoms with Crippen LogP contribution in [0.1, 0.15) is 17.2 Å². The number of nitrogens with zero attached hydrogens (tertiary/aromatic N) is 2. The predicted octanol–water partition coefficient (Wildman–Crippen LogP) is 1.30. The van der Waals surface area contributed by atoms with E-state index in [0.717, 1.165) is 11.1 Å². The van der Waals surface area contributed by atoms with Gasteiger partial charge in [0.05, 0.1) is 6.10 Å². The molecule has 0 aliphatic heterocycles. The van der Waals surface area contributed by atoms with Gasteiger partial charge >= 0.3 is 0 Å². The molecule has 1 heterocycles. The molecule has 1 aromatic heterocycles. The van der Waals surface area contributed by atoms with Crippen LogP contribution in [0.3, 0.4) is 0 Å². The third-order valence-electron chi connectivity index (χ3n) is 2.47. The fraction of sp³-hybridized carbons (Fsp3) is 0.231. The van der Waals surface area contributed by atoms with Gasteiger partial charge in [-0.15, -0.1) is 0 Å². The molecule has 1 atom stereocenters. The summed E-state index contributed by atoms with van der Waals surface area (Å²) >= 11 is 0. The maximum absolute atomic E-state index is 9.90. The van der Waals surface area contributed by atoms with E-state index >= 15 is 0 Å². The molecule has 0 aliphatic carbocycles. The maximum atomic E-state index is 9.90. The predicted molar refractivity (Wildman–Crippen MR) is 65.1 cm³/mol. The molecule has 2 N–H and O–H groups in total. The summed E-state index contributed by atoms with van der Waals surface area (Å²) < 4.78 is 0. The summed E-state index contributed by atoms with van der Waals surface area (Å²) in [6.07, 6.45) is 4.53. The number of aromatic nitrogens is 2. The topological polar surface area (TPSA) is 58.0 Å². The van der Waals surface area contributed by atoms with Crippen molar-refractivity contribution in [2.24, 2.45) is 0 Å². The molecule has 1 unspecified atom stereocenters. The lowest BCUT2D eigenvalue weighted by atomic mass is 10.1. The maximum Gasteiger partial charge on any atom is 0.115 e. The van der Waals surface area contributed by atoms with Gasteiger partial charge in [0.15, 0.2) is 0 Å². The zero-order valence-corrected chi connectivity index (χ0v) is 9.45. The molecule has 0 bridgehead atoms. The van der Waals surface area contributed by atoms with Gasteiger partial charge in [-0.2, -0.15) is 0 Å². The standard InChI is InChI=1S/C13H15N3O/c17-13(12-4-2-1-3-5-12)9-14-6-11-7-15-10-16-8-11/h1-5,7-8,10,13-14,17H,6,9H2. The highest BCUT2D eigenvalue weighted by Crippen LogP contribution is 2.10. The minimum Gasteiger partial charge on any atom is -0.387 e. The Morgan fingerprint density at radius 3 is 2.53 bits per heavy atom. The van der Waals surface area contributed by atoms with Crippen molar-refractivity contribution >= 4 is 0 Å². The number of nitrogens with one attached hydrogen (secondary N) is 1. The third-order valence-corrected chi connectivity index (χ3v) is 2.47. The van der Waals surface area contributed by atoms with Gasteiger partial charge in [-0.25, -0.2) is 9.97 Å². The van der Waals surface area contributed by atoms with E-state index in [0.29, 0.717) is 13.1 Å². The Morgan fingerprint density at radius 2 is 1.82 bits per heavy atom. The minimum atomic E-state index is -0.485. The summed E-state index contributed by atoms with van der Waals surface area (Å²) in [4.78, 5) is 7.85. The highest BCUT2D eigenvalue weighted by molar-refractivity contribution is 5.17. The largest absolute Gasteiger partial charge is 0.387 e. The highest BCUT2D eigenvalue weighted by Gasteiger charge is 2.05. The Hall–Kier alpha value is -1.78. The zero-order chi connectivity index (χ0) is 11.9. The highest BCUT2D eigenvalue weighted by atomic mass is 16.3. The van der Waals surface area contributed by atoms with E-state index in [1.54, 1.807) is 12.4 Å². The summed E-state index contributed by atoms with van der Waals surface area (Å²) in [6.45, 7) is 1.17. The molecule has 17 heavy (non-hydrogen) atoms. The van der Waals surface area contributed by atoms with Gasteiger partial charge in [0.1, 0.15) is 6.33 Å². The molecule has 4 heteroatoms. The van der Waals surface area contributed by atoms with Gasteiger partial charge in [0.2, 0.25) is 0 Å². The fourth-order valence-electron chi connectivity index (χ4n) is 1.57. The lowest BCUT2D eigenvalue weighted by molar-refractivity contribution is 0.174. The molecular formula is C13H15N3O. The van der Waals surface area contributed by atoms with Crippen LogP contribution in [-0.2, 0) is 6.54 Å². The van der Waals surface area contributed by atoms with Crippen molar-refractivity contribution in [2.45, 2.75) is 12.6 Å². The summed E-state index contributed by atoms with van der Waals surface area (Å²) in [6, 6.07) is 9.61. The van der Waals surface area contributed by atoms with Gasteiger partial charge in [-0.3, -0.25) is 0 Å². The van der Waals surface area contributed by atoms with Crippen LogP contribution in [0.5, 0.6) is 0 Å². The smallest absolute Gasteiger partial charge is 0.115 e. The molecule has 0 amide bonds. The number of hydrogen-bond donors (Lipinski definition) is 2. The van der Waals surface area contributed by atoms with Crippen LogP contribution in [0.4, 0.5) is 0 Å². The number of benzene rings is 1. The zero-order valence-electron chi connectivity index (χ0n) is 9.45. The van der Waals surface area contributed by atoms with Crippen molar-refractivity contribution in [1.82, 2.24) is 15.3 Å². The van der Waals surface area contributed by atoms with Crippen molar-refractivity contribution < 1.29 is 5.11 Å². The second kappa shape index (κ2) is 6.08. The minimum absolute atomic E-state index is 0.485. The van der Waals surface area contributed by atoms with Crippen LogP contribution in [-0.4, -0.2) is 21.6 Å². The normalized spacial score (nSPS) is 12.3. The second-order valence-electron chi connectivity index (χ2n) is 3.80. The van der Waals surface area contributed by atoms with Crippen LogP contribution in [0, 0.1) is 0 Å². The number of aliphatic hydroxyl groups excluding tert-OH is 1. The van der Waals surface area contributed by atoms with E-state index in [1.165, 1.54) is 6.33 Å². The summed E-state index contributed by atoms with van der Waals surface area (Å²) in [5.41, 5.74) is 1.93. The number of rotatable bonds is 5. The first-order valence-electron chi connectivity index (χ1n) is 5.54. The van der Waals surface area contributed by atoms with Gasteiger partial charge in [0, 0.05) is 31.0 Å². The van der Waals surface area contributed by atoms with E-state index in [2.05, 4.69) is 15.3 Å². The van der Waals surface area contributed by atoms with E-state index in [9.17, 15) is 5.11 Å². The lowest BCUT2D eigenvalue weighted by Gasteiger charge is -2.11. The first-order chi connectivity index (χ1) is 8.36. The molecule has 0 aliphatic rings. The summed E-state index contributed by atoms with van der Waals surface area (Å²) in [5.74, 6) is 0. The van der Waals surface area contributed by atoms with Crippen LogP contribution in [0.25, 0.3) is 0 Å². The summed E-state index contributed by atoms with van der Waals surface area (Å²) in [5, 5.41) is 13.1. The van der Waals surface area contributed by atoms with Crippen molar-refractivity contribution in [1.29, 1.82) is 0 Å². The Morgan fingerprint density at radius 1 is 1.12 bits per heavy atom. The Bertz CT molecular complexity index is 433. The van der Waals surface area contributed by atoms with Gasteiger partial charge in [0.25, 0.3) is 0 Å². The van der Waals surface area contributed by atoms with E-state index < -0.39 is 6.10 Å². The SMILES string of the molecule is OC(CNCc1cncnc1)c1ccccc1. The molecule has 2 aromatic rings. The van der Waals surface area contributed by atoms with Gasteiger partial charge in [-0.05, 0) is 5.56 Å². The van der Waals surface area contributed by atoms with E-state index in [-0.39, 0.29) is 0 Å². The van der Waals surface area contributed by atoms with Crippen molar-refractivity contribution in [2.75, 3.05) is 6.54 Å². The molecule has 0 fully saturated rings. The Kier molecular flexibility index (Phi) is 4.18. The van der Waals surface area contributed by atoms with Crippen molar-refractivity contribution in [3.8, 4) is 0 Å². The average molecular weight is 229 g/mol. The van der Waals surface area contributed by atoms with Gasteiger partial charge < -0.3 is 10.4 Å². The second-order valence-corrected chi connectivity index (χ2v) is 3.80. The van der Waals surface area contributed by atoms with Crippen LogP contribution in [0.2, 0.25) is 0 Å². The monoisotopic (exact) mass is 229 g/mol. The van der Waals surface area contributed by atoms with E-state index in [1.807, 2.05) is 30.3 Å². The van der Waals surface area contributed by atoms with Crippen molar-refractivity contribution in [3.63, 3.8) is 0 Å². The molecule has 2 rings (SSSR count). The molecule has 4 nitrogen and oxygen atoms in total. The Balaban J connectivity index is 1.79. The van der Waals surface area contributed by atoms with Crippen LogP contribution in [0.15, 0.2) is 49.1 Å². The molecule has 1 aromatic carbocycles. The lowest BCUT2D eigenvalue weighted by Crippen LogP contribution is -2.21. The molecule has 0 spiro atoms. The van der Waals surface area contributed by atoms with Crippen LogP contribution < -0.4 is 5.32 Å². The molecular weight excluding hydrogens is 214 g/mol. The van der Waals surface area contributed by atoms with E-state index in [4.69, 9.17) is 0 Å². The average Bonchev–Trinajstić information content (AvgIpc) is 2.41. The first kappa shape index (κ1) is 11.7. The molecule has 88 valence electrons. The van der Waals surface area contributed by atoms with Crippen LogP contribution >= 0.6 is 0 Å². The number of aliphatic hydroxyl groups is 1. The van der Waals surface area contributed by atoms with Crippen molar-refractivity contribution in [3.05, 3.63) is 60.2 Å². The number of hydrogen-bond acceptors (Lipinski definition) is 4. The van der Waals surface area contributed by atoms with Gasteiger partial charge in [-0.1, -0.05) is 30.3 Å². The molecule has 0 saturated carbocycles. The quantitative estimate of drug-likeness (QED) is 0.811. The molecule has 0 saturated heterocycles. The Labute approximate surface area is 100 Å². The fourth-order valence-corrected chi connectivity index (χ4v) is 1.57.